The molecule has 4 N–H and O–H groups in total. The molecular formula is C25H28N6O2. The van der Waals surface area contributed by atoms with E-state index in [9.17, 15) is 9.59 Å². The van der Waals surface area contributed by atoms with Crippen LogP contribution in [-0.2, 0) is 0 Å². The summed E-state index contributed by atoms with van der Waals surface area (Å²) in [6, 6.07) is 14.1. The third kappa shape index (κ3) is 6.14. The number of nitrogen functional groups attached to an aromatic ring is 1. The van der Waals surface area contributed by atoms with Gasteiger partial charge in [0.25, 0.3) is 11.8 Å². The maximum atomic E-state index is 12.6. The number of amides is 2. The number of hydrogen-bond acceptors (Lipinski definition) is 6. The van der Waals surface area contributed by atoms with Gasteiger partial charge in [-0.25, -0.2) is 4.98 Å². The summed E-state index contributed by atoms with van der Waals surface area (Å²) in [6.07, 6.45) is 6.78. The molecule has 1 saturated heterocycles. The van der Waals surface area contributed by atoms with Gasteiger partial charge in [0.15, 0.2) is 0 Å². The molecule has 2 amide bonds. The van der Waals surface area contributed by atoms with E-state index in [1.807, 2.05) is 12.1 Å². The number of carbonyl (C=O) groups is 2. The Balaban J connectivity index is 1.36. The van der Waals surface area contributed by atoms with Gasteiger partial charge in [-0.05, 0) is 56.3 Å². The van der Waals surface area contributed by atoms with E-state index in [1.165, 1.54) is 25.5 Å². The van der Waals surface area contributed by atoms with E-state index in [0.29, 0.717) is 29.2 Å². The van der Waals surface area contributed by atoms with Crippen LogP contribution in [0.4, 0.5) is 11.4 Å². The molecule has 170 valence electrons. The number of nitrogens with zero attached hydrogens (tertiary/aromatic N) is 3. The molecule has 2 aromatic carbocycles. The lowest BCUT2D eigenvalue weighted by molar-refractivity contribution is 0.0945. The molecule has 8 heteroatoms. The van der Waals surface area contributed by atoms with E-state index in [-0.39, 0.29) is 17.5 Å². The molecule has 0 bridgehead atoms. The van der Waals surface area contributed by atoms with E-state index in [1.54, 1.807) is 42.6 Å². The number of hydrogen-bond donors (Lipinski definition) is 3. The Morgan fingerprint density at radius 3 is 2.52 bits per heavy atom. The fourth-order valence-corrected chi connectivity index (χ4v) is 3.83. The largest absolute Gasteiger partial charge is 0.399 e. The average Bonchev–Trinajstić information content (AvgIpc) is 2.85. The normalized spacial score (nSPS) is 13.9. The smallest absolute Gasteiger partial charge is 0.275 e. The SMILES string of the molecule is Nc1cccc(NC(=O)c2cncc(-c3ccc(C(=O)NCCN4CCCCC4)cc3)n2)c1. The fraction of sp³-hybridized carbons (Fsp3) is 0.280. The van der Waals surface area contributed by atoms with Gasteiger partial charge in [-0.15, -0.1) is 0 Å². The number of benzene rings is 2. The zero-order valence-electron chi connectivity index (χ0n) is 18.5. The molecule has 0 radical (unpaired) electrons. The summed E-state index contributed by atoms with van der Waals surface area (Å²) in [5.74, 6) is -0.473. The first-order chi connectivity index (χ1) is 16.1. The Morgan fingerprint density at radius 2 is 1.76 bits per heavy atom. The monoisotopic (exact) mass is 444 g/mol. The van der Waals surface area contributed by atoms with Crippen molar-refractivity contribution in [3.05, 3.63) is 72.2 Å². The zero-order valence-corrected chi connectivity index (χ0v) is 18.5. The van der Waals surface area contributed by atoms with Crippen molar-refractivity contribution in [1.82, 2.24) is 20.2 Å². The molecule has 33 heavy (non-hydrogen) atoms. The van der Waals surface area contributed by atoms with E-state index >= 15 is 0 Å². The van der Waals surface area contributed by atoms with Gasteiger partial charge in [-0.1, -0.05) is 24.6 Å². The van der Waals surface area contributed by atoms with Gasteiger partial charge in [0.1, 0.15) is 5.69 Å². The van der Waals surface area contributed by atoms with Crippen molar-refractivity contribution in [2.75, 3.05) is 37.2 Å². The molecule has 3 aromatic rings. The van der Waals surface area contributed by atoms with Gasteiger partial charge in [0, 0.05) is 35.6 Å². The average molecular weight is 445 g/mol. The van der Waals surface area contributed by atoms with Gasteiger partial charge >= 0.3 is 0 Å². The summed E-state index contributed by atoms with van der Waals surface area (Å²) in [5, 5.41) is 5.75. The second kappa shape index (κ2) is 10.7. The van der Waals surface area contributed by atoms with Crippen LogP contribution in [0.25, 0.3) is 11.3 Å². The molecule has 0 aliphatic carbocycles. The quantitative estimate of drug-likeness (QED) is 0.483. The molecule has 8 nitrogen and oxygen atoms in total. The third-order valence-corrected chi connectivity index (χ3v) is 5.62. The van der Waals surface area contributed by atoms with Crippen LogP contribution in [0, 0.1) is 0 Å². The Kier molecular flexibility index (Phi) is 7.26. The van der Waals surface area contributed by atoms with Gasteiger partial charge < -0.3 is 21.3 Å². The van der Waals surface area contributed by atoms with E-state index in [2.05, 4.69) is 25.5 Å². The van der Waals surface area contributed by atoms with Gasteiger partial charge in [-0.2, -0.15) is 0 Å². The number of carbonyl (C=O) groups excluding carboxylic acids is 2. The van der Waals surface area contributed by atoms with Crippen LogP contribution in [0.15, 0.2) is 60.9 Å². The Bertz CT molecular complexity index is 1110. The van der Waals surface area contributed by atoms with Crippen molar-refractivity contribution in [3.8, 4) is 11.3 Å². The molecule has 0 saturated carbocycles. The minimum atomic E-state index is -0.375. The Labute approximate surface area is 193 Å². The first-order valence-corrected chi connectivity index (χ1v) is 11.2. The topological polar surface area (TPSA) is 113 Å². The predicted molar refractivity (Wildman–Crippen MR) is 129 cm³/mol. The summed E-state index contributed by atoms with van der Waals surface area (Å²) < 4.78 is 0. The molecule has 1 aliphatic rings. The number of likely N-dealkylation sites (tertiary alicyclic amines) is 1. The standard InChI is InChI=1S/C25H28N6O2/c26-20-5-4-6-21(15-20)29-25(33)23-17-27-16-22(30-23)18-7-9-19(10-8-18)24(32)28-11-14-31-12-2-1-3-13-31/h4-10,15-17H,1-3,11-14,26H2,(H,28,32)(H,29,33). The van der Waals surface area contributed by atoms with Crippen molar-refractivity contribution in [1.29, 1.82) is 0 Å². The number of anilines is 2. The van der Waals surface area contributed by atoms with Crippen LogP contribution >= 0.6 is 0 Å². The van der Waals surface area contributed by atoms with Crippen LogP contribution in [0.2, 0.25) is 0 Å². The number of aromatic nitrogens is 2. The van der Waals surface area contributed by atoms with Crippen molar-refractivity contribution < 1.29 is 9.59 Å². The molecule has 0 unspecified atom stereocenters. The van der Waals surface area contributed by atoms with Crippen LogP contribution in [0.1, 0.15) is 40.1 Å². The van der Waals surface area contributed by atoms with E-state index < -0.39 is 0 Å². The highest BCUT2D eigenvalue weighted by Gasteiger charge is 2.13. The van der Waals surface area contributed by atoms with Crippen LogP contribution in [-0.4, -0.2) is 52.9 Å². The van der Waals surface area contributed by atoms with Gasteiger partial charge in [0.05, 0.1) is 18.1 Å². The molecule has 2 heterocycles. The van der Waals surface area contributed by atoms with Crippen molar-refractivity contribution in [3.63, 3.8) is 0 Å². The minimum absolute atomic E-state index is 0.0973. The Morgan fingerprint density at radius 1 is 0.970 bits per heavy atom. The maximum absolute atomic E-state index is 12.6. The highest BCUT2D eigenvalue weighted by Crippen LogP contribution is 2.18. The molecule has 1 aliphatic heterocycles. The lowest BCUT2D eigenvalue weighted by Gasteiger charge is -2.26. The molecule has 4 rings (SSSR count). The maximum Gasteiger partial charge on any atom is 0.275 e. The highest BCUT2D eigenvalue weighted by molar-refractivity contribution is 6.03. The first kappa shape index (κ1) is 22.4. The summed E-state index contributed by atoms with van der Waals surface area (Å²) in [5.41, 5.74) is 8.99. The first-order valence-electron chi connectivity index (χ1n) is 11.2. The predicted octanol–water partition coefficient (Wildman–Crippen LogP) is 3.19. The zero-order chi connectivity index (χ0) is 23.0. The van der Waals surface area contributed by atoms with Crippen LogP contribution in [0.3, 0.4) is 0 Å². The van der Waals surface area contributed by atoms with Gasteiger partial charge in [0.2, 0.25) is 0 Å². The highest BCUT2D eigenvalue weighted by atomic mass is 16.2. The lowest BCUT2D eigenvalue weighted by Crippen LogP contribution is -2.37. The van der Waals surface area contributed by atoms with Gasteiger partial charge in [-0.3, -0.25) is 14.6 Å². The minimum Gasteiger partial charge on any atom is -0.399 e. The second-order valence-electron chi connectivity index (χ2n) is 8.10. The van der Waals surface area contributed by atoms with E-state index in [0.717, 1.165) is 25.2 Å². The number of rotatable bonds is 7. The fourth-order valence-electron chi connectivity index (χ4n) is 3.83. The van der Waals surface area contributed by atoms with Crippen molar-refractivity contribution in [2.45, 2.75) is 19.3 Å². The van der Waals surface area contributed by atoms with Crippen LogP contribution in [0.5, 0.6) is 0 Å². The molecule has 0 atom stereocenters. The Hall–Kier alpha value is -3.78. The third-order valence-electron chi connectivity index (χ3n) is 5.62. The van der Waals surface area contributed by atoms with Crippen molar-refractivity contribution >= 4 is 23.2 Å². The molecule has 1 aromatic heterocycles. The summed E-state index contributed by atoms with van der Waals surface area (Å²) in [4.78, 5) is 36.0. The molecular weight excluding hydrogens is 416 g/mol. The number of nitrogens with one attached hydrogen (secondary N) is 2. The summed E-state index contributed by atoms with van der Waals surface area (Å²) in [7, 11) is 0. The molecule has 0 spiro atoms. The second-order valence-corrected chi connectivity index (χ2v) is 8.10. The van der Waals surface area contributed by atoms with Crippen LogP contribution < -0.4 is 16.4 Å². The van der Waals surface area contributed by atoms with Crippen molar-refractivity contribution in [2.24, 2.45) is 0 Å². The summed E-state index contributed by atoms with van der Waals surface area (Å²) in [6.45, 7) is 3.74. The molecule has 1 fully saturated rings. The number of piperidine rings is 1. The summed E-state index contributed by atoms with van der Waals surface area (Å²) >= 11 is 0. The van der Waals surface area contributed by atoms with E-state index in [4.69, 9.17) is 5.73 Å². The number of nitrogens with two attached hydrogens (primary N) is 1. The lowest BCUT2D eigenvalue weighted by atomic mass is 10.1.